The number of hydrogen-bond donors (Lipinski definition) is 0. The van der Waals surface area contributed by atoms with Crippen molar-refractivity contribution in [1.29, 1.82) is 0 Å². The maximum absolute atomic E-state index is 12.9. The topological polar surface area (TPSA) is 66.9 Å². The van der Waals surface area contributed by atoms with E-state index in [1.54, 1.807) is 42.2 Å². The van der Waals surface area contributed by atoms with Crippen LogP contribution in [0.15, 0.2) is 30.3 Å². The molecule has 0 spiro atoms. The van der Waals surface area contributed by atoms with E-state index in [1.165, 1.54) is 4.90 Å². The number of nitrogens with zero attached hydrogens (tertiary/aromatic N) is 2. The lowest BCUT2D eigenvalue weighted by Crippen LogP contribution is -2.59. The van der Waals surface area contributed by atoms with Crippen LogP contribution in [0.25, 0.3) is 0 Å². The standard InChI is InChI=1S/C20H23F3N2O4/c1-13-10-25(16(26)17(27)29-12-20(21,22)23)15(14-6-4-3-5-7-14)11-24(13)18(28)19(2)8-9-19/h3-7,13,15H,8-12H2,1-2H3/t13-,15-/m1/s1. The first-order valence-corrected chi connectivity index (χ1v) is 9.42. The summed E-state index contributed by atoms with van der Waals surface area (Å²) in [6, 6.07) is 7.78. The van der Waals surface area contributed by atoms with Gasteiger partial charge < -0.3 is 14.5 Å². The van der Waals surface area contributed by atoms with Crippen LogP contribution in [0.4, 0.5) is 13.2 Å². The van der Waals surface area contributed by atoms with E-state index >= 15 is 0 Å². The van der Waals surface area contributed by atoms with Gasteiger partial charge in [-0.1, -0.05) is 37.3 Å². The molecule has 1 aromatic carbocycles. The molecule has 9 heteroatoms. The predicted octanol–water partition coefficient (Wildman–Crippen LogP) is 2.69. The van der Waals surface area contributed by atoms with Gasteiger partial charge in [0.1, 0.15) is 0 Å². The summed E-state index contributed by atoms with van der Waals surface area (Å²) in [5, 5.41) is 0. The molecular formula is C20H23F3N2O4. The number of halogens is 3. The fourth-order valence-corrected chi connectivity index (χ4v) is 3.52. The number of carbonyl (C=O) groups excluding carboxylic acids is 3. The molecule has 29 heavy (non-hydrogen) atoms. The number of piperazine rings is 1. The first-order chi connectivity index (χ1) is 13.5. The van der Waals surface area contributed by atoms with E-state index in [0.29, 0.717) is 5.56 Å². The van der Waals surface area contributed by atoms with Crippen LogP contribution in [0, 0.1) is 5.41 Å². The third-order valence-corrected chi connectivity index (χ3v) is 5.50. The maximum atomic E-state index is 12.9. The normalized spacial score (nSPS) is 23.5. The first-order valence-electron chi connectivity index (χ1n) is 9.42. The summed E-state index contributed by atoms with van der Waals surface area (Å²) in [5.74, 6) is -2.69. The van der Waals surface area contributed by atoms with E-state index < -0.39 is 36.1 Å². The van der Waals surface area contributed by atoms with Gasteiger partial charge in [-0.25, -0.2) is 4.79 Å². The Hall–Kier alpha value is -2.58. The van der Waals surface area contributed by atoms with Crippen LogP contribution in [0.5, 0.6) is 0 Å². The Balaban J connectivity index is 1.82. The lowest BCUT2D eigenvalue weighted by Gasteiger charge is -2.46. The number of esters is 1. The van der Waals surface area contributed by atoms with Crippen LogP contribution in [0.2, 0.25) is 0 Å². The second-order valence-electron chi connectivity index (χ2n) is 7.94. The molecule has 1 heterocycles. The zero-order valence-corrected chi connectivity index (χ0v) is 16.2. The summed E-state index contributed by atoms with van der Waals surface area (Å²) in [7, 11) is 0. The monoisotopic (exact) mass is 412 g/mol. The van der Waals surface area contributed by atoms with Gasteiger partial charge in [-0.3, -0.25) is 9.59 Å². The highest BCUT2D eigenvalue weighted by Crippen LogP contribution is 2.47. The first kappa shape index (κ1) is 21.1. The number of benzene rings is 1. The van der Waals surface area contributed by atoms with Crippen molar-refractivity contribution in [3.8, 4) is 0 Å². The number of rotatable bonds is 3. The minimum atomic E-state index is -4.72. The number of amides is 2. The second kappa shape index (κ2) is 7.68. The molecule has 0 N–H and O–H groups in total. The van der Waals surface area contributed by atoms with Crippen LogP contribution in [0.3, 0.4) is 0 Å². The number of hydrogen-bond acceptors (Lipinski definition) is 4. The van der Waals surface area contributed by atoms with E-state index in [0.717, 1.165) is 12.8 Å². The molecule has 1 saturated carbocycles. The van der Waals surface area contributed by atoms with Crippen molar-refractivity contribution in [1.82, 2.24) is 9.80 Å². The third-order valence-electron chi connectivity index (χ3n) is 5.50. The lowest BCUT2D eigenvalue weighted by atomic mass is 9.97. The van der Waals surface area contributed by atoms with E-state index in [9.17, 15) is 27.6 Å². The van der Waals surface area contributed by atoms with E-state index in [-0.39, 0.29) is 25.0 Å². The molecule has 0 unspecified atom stereocenters. The predicted molar refractivity (Wildman–Crippen MR) is 96.4 cm³/mol. The van der Waals surface area contributed by atoms with Crippen molar-refractivity contribution in [2.24, 2.45) is 5.41 Å². The Bertz CT molecular complexity index is 793. The Morgan fingerprint density at radius 1 is 1.10 bits per heavy atom. The average molecular weight is 412 g/mol. The van der Waals surface area contributed by atoms with Crippen LogP contribution < -0.4 is 0 Å². The van der Waals surface area contributed by atoms with E-state index in [2.05, 4.69) is 4.74 Å². The summed E-state index contributed by atoms with van der Waals surface area (Å²) in [4.78, 5) is 40.4. The van der Waals surface area contributed by atoms with Gasteiger partial charge in [0.2, 0.25) is 5.91 Å². The van der Waals surface area contributed by atoms with Crippen LogP contribution in [-0.4, -0.2) is 59.5 Å². The van der Waals surface area contributed by atoms with Gasteiger partial charge in [-0.05, 0) is 25.3 Å². The molecule has 158 valence electrons. The zero-order chi connectivity index (χ0) is 21.4. The minimum Gasteiger partial charge on any atom is -0.449 e. The fraction of sp³-hybridized carbons (Fsp3) is 0.550. The highest BCUT2D eigenvalue weighted by Gasteiger charge is 2.50. The van der Waals surface area contributed by atoms with E-state index in [1.807, 2.05) is 6.92 Å². The van der Waals surface area contributed by atoms with Gasteiger partial charge in [-0.15, -0.1) is 0 Å². The molecule has 0 radical (unpaired) electrons. The van der Waals surface area contributed by atoms with Gasteiger partial charge in [-0.2, -0.15) is 13.2 Å². The summed E-state index contributed by atoms with van der Waals surface area (Å²) >= 11 is 0. The number of alkyl halides is 3. The van der Waals surface area contributed by atoms with Crippen LogP contribution >= 0.6 is 0 Å². The quantitative estimate of drug-likeness (QED) is 0.566. The smallest absolute Gasteiger partial charge is 0.422 e. The molecular weight excluding hydrogens is 389 g/mol. The van der Waals surface area contributed by atoms with Crippen molar-refractivity contribution in [2.75, 3.05) is 19.7 Å². The van der Waals surface area contributed by atoms with Gasteiger partial charge >= 0.3 is 18.1 Å². The van der Waals surface area contributed by atoms with Crippen molar-refractivity contribution < 1.29 is 32.3 Å². The largest absolute Gasteiger partial charge is 0.449 e. The van der Waals surface area contributed by atoms with Gasteiger partial charge in [0.05, 0.1) is 6.04 Å². The lowest BCUT2D eigenvalue weighted by molar-refractivity contribution is -0.190. The summed E-state index contributed by atoms with van der Waals surface area (Å²) in [6.45, 7) is 2.02. The van der Waals surface area contributed by atoms with Crippen LogP contribution in [-0.2, 0) is 19.1 Å². The molecule has 1 aliphatic carbocycles. The second-order valence-corrected chi connectivity index (χ2v) is 7.94. The van der Waals surface area contributed by atoms with Crippen molar-refractivity contribution >= 4 is 17.8 Å². The Morgan fingerprint density at radius 2 is 1.72 bits per heavy atom. The van der Waals surface area contributed by atoms with Gasteiger partial charge in [0.15, 0.2) is 6.61 Å². The molecule has 2 amide bonds. The average Bonchev–Trinajstić information content (AvgIpc) is 3.43. The highest BCUT2D eigenvalue weighted by molar-refractivity contribution is 6.32. The Morgan fingerprint density at radius 3 is 2.28 bits per heavy atom. The molecule has 1 aromatic rings. The van der Waals surface area contributed by atoms with Crippen LogP contribution in [0.1, 0.15) is 38.3 Å². The van der Waals surface area contributed by atoms with Gasteiger partial charge in [0.25, 0.3) is 0 Å². The third kappa shape index (κ3) is 4.71. The molecule has 0 aromatic heterocycles. The molecule has 1 aliphatic heterocycles. The summed E-state index contributed by atoms with van der Waals surface area (Å²) in [6.07, 6.45) is -3.11. The molecule has 2 fully saturated rings. The molecule has 0 bridgehead atoms. The molecule has 2 atom stereocenters. The minimum absolute atomic E-state index is 0.00215. The maximum Gasteiger partial charge on any atom is 0.422 e. The van der Waals surface area contributed by atoms with E-state index in [4.69, 9.17) is 0 Å². The fourth-order valence-electron chi connectivity index (χ4n) is 3.52. The number of ether oxygens (including phenoxy) is 1. The summed E-state index contributed by atoms with van der Waals surface area (Å²) < 4.78 is 41.2. The Labute approximate surface area is 166 Å². The summed E-state index contributed by atoms with van der Waals surface area (Å²) in [5.41, 5.74) is 0.294. The highest BCUT2D eigenvalue weighted by atomic mass is 19.4. The molecule has 6 nitrogen and oxygen atoms in total. The molecule has 3 rings (SSSR count). The zero-order valence-electron chi connectivity index (χ0n) is 16.2. The van der Waals surface area contributed by atoms with Gasteiger partial charge in [0, 0.05) is 24.5 Å². The van der Waals surface area contributed by atoms with Crippen molar-refractivity contribution in [3.05, 3.63) is 35.9 Å². The molecule has 2 aliphatic rings. The Kier molecular flexibility index (Phi) is 5.60. The SMILES string of the molecule is C[C@@H]1CN(C(=O)C(=O)OCC(F)(F)F)[C@@H](c2ccccc2)CN1C(=O)C1(C)CC1. The van der Waals surface area contributed by atoms with Crippen molar-refractivity contribution in [3.63, 3.8) is 0 Å². The van der Waals surface area contributed by atoms with Crippen molar-refractivity contribution in [2.45, 2.75) is 44.9 Å². The molecule has 1 saturated heterocycles. The number of carbonyl (C=O) groups is 3.